The summed E-state index contributed by atoms with van der Waals surface area (Å²) >= 11 is 0. The van der Waals surface area contributed by atoms with E-state index in [0.29, 0.717) is 13.1 Å². The molecule has 0 aliphatic carbocycles. The molecule has 0 atom stereocenters. The van der Waals surface area contributed by atoms with E-state index < -0.39 is 5.41 Å². The van der Waals surface area contributed by atoms with Crippen molar-refractivity contribution in [1.29, 1.82) is 0 Å². The van der Waals surface area contributed by atoms with Crippen molar-refractivity contribution in [3.05, 3.63) is 30.1 Å². The number of amides is 1. The number of rotatable bonds is 6. The molecular formula is C13H23Cl2N3O. The second-order valence-corrected chi connectivity index (χ2v) is 4.20. The van der Waals surface area contributed by atoms with Crippen molar-refractivity contribution >= 4 is 30.7 Å². The zero-order valence-electron chi connectivity index (χ0n) is 11.4. The molecule has 0 saturated carbocycles. The second kappa shape index (κ2) is 10.0. The molecule has 0 aromatic carbocycles. The third kappa shape index (κ3) is 5.35. The van der Waals surface area contributed by atoms with Crippen LogP contribution in [0.25, 0.3) is 0 Å². The quantitative estimate of drug-likeness (QED) is 0.847. The molecule has 0 radical (unpaired) electrons. The van der Waals surface area contributed by atoms with Gasteiger partial charge in [-0.3, -0.25) is 9.78 Å². The van der Waals surface area contributed by atoms with E-state index in [-0.39, 0.29) is 30.7 Å². The molecule has 1 rings (SSSR count). The van der Waals surface area contributed by atoms with Crippen LogP contribution in [0, 0.1) is 5.41 Å². The van der Waals surface area contributed by atoms with E-state index in [4.69, 9.17) is 5.73 Å². The Hall–Kier alpha value is -0.840. The Labute approximate surface area is 127 Å². The molecule has 19 heavy (non-hydrogen) atoms. The van der Waals surface area contributed by atoms with Crippen LogP contribution in [0.3, 0.4) is 0 Å². The normalized spacial score (nSPS) is 10.1. The van der Waals surface area contributed by atoms with Crippen LogP contribution in [0.2, 0.25) is 0 Å². The van der Waals surface area contributed by atoms with E-state index in [1.54, 1.807) is 6.20 Å². The lowest BCUT2D eigenvalue weighted by atomic mass is 9.81. The summed E-state index contributed by atoms with van der Waals surface area (Å²) in [6.07, 6.45) is 3.24. The highest BCUT2D eigenvalue weighted by Crippen LogP contribution is 2.24. The average Bonchev–Trinajstić information content (AvgIpc) is 2.40. The van der Waals surface area contributed by atoms with Crippen molar-refractivity contribution in [3.63, 3.8) is 0 Å². The van der Waals surface area contributed by atoms with E-state index in [1.165, 1.54) is 0 Å². The van der Waals surface area contributed by atoms with Crippen LogP contribution in [0.5, 0.6) is 0 Å². The molecule has 1 aromatic heterocycles. The van der Waals surface area contributed by atoms with Gasteiger partial charge in [0, 0.05) is 12.7 Å². The highest BCUT2D eigenvalue weighted by Gasteiger charge is 2.32. The molecule has 1 amide bonds. The van der Waals surface area contributed by atoms with Crippen molar-refractivity contribution in [1.82, 2.24) is 10.3 Å². The third-order valence-corrected chi connectivity index (χ3v) is 3.38. The Bertz CT molecular complexity index is 348. The van der Waals surface area contributed by atoms with Gasteiger partial charge in [0.25, 0.3) is 0 Å². The molecule has 0 bridgehead atoms. The van der Waals surface area contributed by atoms with Gasteiger partial charge < -0.3 is 11.1 Å². The van der Waals surface area contributed by atoms with Crippen molar-refractivity contribution < 1.29 is 4.79 Å². The molecule has 1 heterocycles. The zero-order chi connectivity index (χ0) is 12.7. The number of aromatic nitrogens is 1. The Morgan fingerprint density at radius 2 is 1.95 bits per heavy atom. The van der Waals surface area contributed by atoms with Gasteiger partial charge in [0.05, 0.1) is 17.7 Å². The van der Waals surface area contributed by atoms with E-state index in [1.807, 2.05) is 32.0 Å². The topological polar surface area (TPSA) is 68.0 Å². The monoisotopic (exact) mass is 307 g/mol. The Morgan fingerprint density at radius 3 is 2.37 bits per heavy atom. The fraction of sp³-hybridized carbons (Fsp3) is 0.538. The maximum absolute atomic E-state index is 12.1. The number of carbonyl (C=O) groups is 1. The van der Waals surface area contributed by atoms with Crippen LogP contribution in [-0.2, 0) is 11.3 Å². The highest BCUT2D eigenvalue weighted by atomic mass is 35.5. The van der Waals surface area contributed by atoms with E-state index >= 15 is 0 Å². The predicted octanol–water partition coefficient (Wildman–Crippen LogP) is 2.31. The first kappa shape index (κ1) is 20.5. The summed E-state index contributed by atoms with van der Waals surface area (Å²) < 4.78 is 0. The number of hydrogen-bond donors (Lipinski definition) is 2. The van der Waals surface area contributed by atoms with Gasteiger partial charge in [0.15, 0.2) is 0 Å². The van der Waals surface area contributed by atoms with E-state index in [2.05, 4.69) is 10.3 Å². The molecule has 4 nitrogen and oxygen atoms in total. The van der Waals surface area contributed by atoms with Gasteiger partial charge in [-0.2, -0.15) is 0 Å². The number of pyridine rings is 1. The maximum Gasteiger partial charge on any atom is 0.227 e. The van der Waals surface area contributed by atoms with Crippen LogP contribution < -0.4 is 11.1 Å². The molecule has 0 saturated heterocycles. The van der Waals surface area contributed by atoms with Crippen LogP contribution in [0.1, 0.15) is 32.4 Å². The SMILES string of the molecule is CCC(CC)(CN)C(=O)NCc1ccccn1.Cl.Cl. The summed E-state index contributed by atoms with van der Waals surface area (Å²) in [4.78, 5) is 16.3. The van der Waals surface area contributed by atoms with Crippen molar-refractivity contribution in [2.45, 2.75) is 33.2 Å². The van der Waals surface area contributed by atoms with Crippen molar-refractivity contribution in [2.75, 3.05) is 6.54 Å². The number of nitrogens with zero attached hydrogens (tertiary/aromatic N) is 1. The van der Waals surface area contributed by atoms with Gasteiger partial charge >= 0.3 is 0 Å². The number of nitrogens with one attached hydrogen (secondary N) is 1. The first-order valence-electron chi connectivity index (χ1n) is 6.06. The number of halogens is 2. The first-order chi connectivity index (χ1) is 8.18. The molecule has 0 aliphatic heterocycles. The van der Waals surface area contributed by atoms with Crippen LogP contribution in [-0.4, -0.2) is 17.4 Å². The largest absolute Gasteiger partial charge is 0.350 e. The Kier molecular flexibility index (Phi) is 10.8. The van der Waals surface area contributed by atoms with Gasteiger partial charge in [-0.25, -0.2) is 0 Å². The summed E-state index contributed by atoms with van der Waals surface area (Å²) in [6, 6.07) is 5.65. The smallest absolute Gasteiger partial charge is 0.227 e. The summed E-state index contributed by atoms with van der Waals surface area (Å²) in [5.74, 6) is 0.0238. The van der Waals surface area contributed by atoms with Crippen molar-refractivity contribution in [2.24, 2.45) is 11.1 Å². The molecule has 0 spiro atoms. The Balaban J connectivity index is 0. The number of carbonyl (C=O) groups excluding carboxylic acids is 1. The first-order valence-corrected chi connectivity index (χ1v) is 6.06. The van der Waals surface area contributed by atoms with Crippen LogP contribution in [0.15, 0.2) is 24.4 Å². The maximum atomic E-state index is 12.1. The van der Waals surface area contributed by atoms with E-state index in [9.17, 15) is 4.79 Å². The van der Waals surface area contributed by atoms with Crippen LogP contribution >= 0.6 is 24.8 Å². The highest BCUT2D eigenvalue weighted by molar-refractivity contribution is 5.85. The summed E-state index contributed by atoms with van der Waals surface area (Å²) in [7, 11) is 0. The Morgan fingerprint density at radius 1 is 1.32 bits per heavy atom. The predicted molar refractivity (Wildman–Crippen MR) is 82.6 cm³/mol. The summed E-state index contributed by atoms with van der Waals surface area (Å²) in [5, 5.41) is 2.91. The fourth-order valence-electron chi connectivity index (χ4n) is 1.81. The zero-order valence-corrected chi connectivity index (χ0v) is 13.0. The number of hydrogen-bond acceptors (Lipinski definition) is 3. The molecule has 110 valence electrons. The molecule has 0 aliphatic rings. The summed E-state index contributed by atoms with van der Waals surface area (Å²) in [6.45, 7) is 4.84. The minimum absolute atomic E-state index is 0. The lowest BCUT2D eigenvalue weighted by Crippen LogP contribution is -2.45. The molecule has 6 heteroatoms. The summed E-state index contributed by atoms with van der Waals surface area (Å²) in [5.41, 5.74) is 6.15. The fourth-order valence-corrected chi connectivity index (χ4v) is 1.81. The van der Waals surface area contributed by atoms with Gasteiger partial charge in [-0.05, 0) is 25.0 Å². The van der Waals surface area contributed by atoms with Gasteiger partial charge in [0.2, 0.25) is 5.91 Å². The molecule has 3 N–H and O–H groups in total. The minimum Gasteiger partial charge on any atom is -0.350 e. The molecular weight excluding hydrogens is 285 g/mol. The lowest BCUT2D eigenvalue weighted by Gasteiger charge is -2.28. The van der Waals surface area contributed by atoms with Gasteiger partial charge in [0.1, 0.15) is 0 Å². The minimum atomic E-state index is -0.436. The van der Waals surface area contributed by atoms with Crippen LogP contribution in [0.4, 0.5) is 0 Å². The van der Waals surface area contributed by atoms with Gasteiger partial charge in [-0.1, -0.05) is 19.9 Å². The third-order valence-electron chi connectivity index (χ3n) is 3.38. The standard InChI is InChI=1S/C13H21N3O.2ClH/c1-3-13(4-2,10-14)12(17)16-9-11-7-5-6-8-15-11;;/h5-8H,3-4,9-10,14H2,1-2H3,(H,16,17);2*1H. The van der Waals surface area contributed by atoms with Crippen molar-refractivity contribution in [3.8, 4) is 0 Å². The average molecular weight is 308 g/mol. The molecule has 0 fully saturated rings. The van der Waals surface area contributed by atoms with E-state index in [0.717, 1.165) is 18.5 Å². The number of nitrogens with two attached hydrogens (primary N) is 1. The second-order valence-electron chi connectivity index (χ2n) is 4.20. The molecule has 0 unspecified atom stereocenters. The van der Waals surface area contributed by atoms with Gasteiger partial charge in [-0.15, -0.1) is 24.8 Å². The molecule has 1 aromatic rings. The lowest BCUT2D eigenvalue weighted by molar-refractivity contribution is -0.131.